The molecule has 2 rings (SSSR count). The highest BCUT2D eigenvalue weighted by Gasteiger charge is 2.07. The van der Waals surface area contributed by atoms with Crippen LogP contribution >= 0.6 is 0 Å². The van der Waals surface area contributed by atoms with Gasteiger partial charge < -0.3 is 10.2 Å². The molecule has 20 heavy (non-hydrogen) atoms. The molecule has 106 valence electrons. The fourth-order valence-corrected chi connectivity index (χ4v) is 1.82. The minimum atomic E-state index is -0.0194. The first-order chi connectivity index (χ1) is 9.66. The molecule has 7 nitrogen and oxygen atoms in total. The highest BCUT2D eigenvalue weighted by molar-refractivity contribution is 5.75. The quantitative estimate of drug-likeness (QED) is 0.827. The van der Waals surface area contributed by atoms with Crippen molar-refractivity contribution in [1.29, 1.82) is 0 Å². The monoisotopic (exact) mass is 274 g/mol. The Morgan fingerprint density at radius 3 is 3.00 bits per heavy atom. The lowest BCUT2D eigenvalue weighted by Gasteiger charge is -2.16. The van der Waals surface area contributed by atoms with Gasteiger partial charge in [-0.2, -0.15) is 5.10 Å². The van der Waals surface area contributed by atoms with Gasteiger partial charge in [0.25, 0.3) is 0 Å². The lowest BCUT2D eigenvalue weighted by atomic mass is 10.2. The molecule has 0 unspecified atom stereocenters. The highest BCUT2D eigenvalue weighted by atomic mass is 16.1. The minimum absolute atomic E-state index is 0.0194. The summed E-state index contributed by atoms with van der Waals surface area (Å²) in [6, 6.07) is 3.82. The van der Waals surface area contributed by atoms with Crippen LogP contribution in [0.25, 0.3) is 0 Å². The number of anilines is 1. The Kier molecular flexibility index (Phi) is 4.65. The van der Waals surface area contributed by atoms with Gasteiger partial charge >= 0.3 is 0 Å². The fraction of sp³-hybridized carbons (Fsp3) is 0.385. The number of aromatic nitrogens is 4. The number of nitrogens with one attached hydrogen (secondary N) is 1. The fourth-order valence-electron chi connectivity index (χ4n) is 1.82. The van der Waals surface area contributed by atoms with Gasteiger partial charge in [0.15, 0.2) is 0 Å². The summed E-state index contributed by atoms with van der Waals surface area (Å²) in [5.41, 5.74) is 0.992. The highest BCUT2D eigenvalue weighted by Crippen LogP contribution is 2.13. The third kappa shape index (κ3) is 3.78. The van der Waals surface area contributed by atoms with Crippen LogP contribution in [0.2, 0.25) is 0 Å². The lowest BCUT2D eigenvalue weighted by molar-refractivity contribution is -0.121. The molecule has 0 saturated carbocycles. The number of aryl methyl sites for hydroxylation is 1. The number of nitrogens with zero attached hydrogens (tertiary/aromatic N) is 5. The van der Waals surface area contributed by atoms with Crippen molar-refractivity contribution < 1.29 is 4.79 Å². The molecule has 0 spiro atoms. The van der Waals surface area contributed by atoms with Crippen LogP contribution in [-0.2, 0) is 17.9 Å². The van der Waals surface area contributed by atoms with Gasteiger partial charge in [-0.05, 0) is 6.07 Å². The number of carbonyl (C=O) groups excluding carboxylic acids is 1. The first kappa shape index (κ1) is 14.0. The smallest absolute Gasteiger partial charge is 0.222 e. The molecule has 0 atom stereocenters. The van der Waals surface area contributed by atoms with Crippen LogP contribution in [0.15, 0.2) is 31.0 Å². The van der Waals surface area contributed by atoms with E-state index in [0.717, 1.165) is 11.4 Å². The third-order valence-corrected chi connectivity index (χ3v) is 2.80. The van der Waals surface area contributed by atoms with E-state index in [1.54, 1.807) is 17.2 Å². The second kappa shape index (κ2) is 6.65. The minimum Gasteiger partial charge on any atom is -0.362 e. The van der Waals surface area contributed by atoms with Crippen molar-refractivity contribution in [3.05, 3.63) is 36.5 Å². The van der Waals surface area contributed by atoms with Crippen LogP contribution in [0.5, 0.6) is 0 Å². The number of rotatable bonds is 6. The van der Waals surface area contributed by atoms with Crippen molar-refractivity contribution in [3.63, 3.8) is 0 Å². The zero-order valence-electron chi connectivity index (χ0n) is 11.7. The second-order valence-corrected chi connectivity index (χ2v) is 4.57. The molecule has 0 aliphatic rings. The van der Waals surface area contributed by atoms with Crippen molar-refractivity contribution in [1.82, 2.24) is 25.1 Å². The summed E-state index contributed by atoms with van der Waals surface area (Å²) in [4.78, 5) is 21.8. The van der Waals surface area contributed by atoms with Crippen molar-refractivity contribution in [2.75, 3.05) is 19.0 Å². The summed E-state index contributed by atoms with van der Waals surface area (Å²) in [5.74, 6) is 0.845. The van der Waals surface area contributed by atoms with Crippen molar-refractivity contribution >= 4 is 11.7 Å². The van der Waals surface area contributed by atoms with E-state index >= 15 is 0 Å². The summed E-state index contributed by atoms with van der Waals surface area (Å²) in [5, 5.41) is 6.84. The second-order valence-electron chi connectivity index (χ2n) is 4.57. The normalized spacial score (nSPS) is 10.3. The summed E-state index contributed by atoms with van der Waals surface area (Å²) < 4.78 is 1.63. The third-order valence-electron chi connectivity index (χ3n) is 2.80. The molecule has 2 aromatic rings. The Balaban J connectivity index is 1.84. The SMILES string of the molecule is CN(C)c1ncccc1CNC(=O)CCn1cncn1. The lowest BCUT2D eigenvalue weighted by Crippen LogP contribution is -2.25. The Labute approximate surface area is 117 Å². The van der Waals surface area contributed by atoms with Crippen LogP contribution in [0.4, 0.5) is 5.82 Å². The van der Waals surface area contributed by atoms with E-state index in [4.69, 9.17) is 0 Å². The molecule has 0 bridgehead atoms. The van der Waals surface area contributed by atoms with Crippen molar-refractivity contribution in [3.8, 4) is 0 Å². The maximum Gasteiger partial charge on any atom is 0.222 e. The summed E-state index contributed by atoms with van der Waals surface area (Å²) >= 11 is 0. The van der Waals surface area contributed by atoms with Gasteiger partial charge in [0.2, 0.25) is 5.91 Å². The molecule has 0 aliphatic heterocycles. The Morgan fingerprint density at radius 2 is 2.30 bits per heavy atom. The molecule has 1 amide bonds. The summed E-state index contributed by atoms with van der Waals surface area (Å²) in [7, 11) is 3.86. The van der Waals surface area contributed by atoms with Gasteiger partial charge in [0.1, 0.15) is 18.5 Å². The average Bonchev–Trinajstić information content (AvgIpc) is 2.96. The van der Waals surface area contributed by atoms with Gasteiger partial charge in [-0.25, -0.2) is 9.97 Å². The molecular weight excluding hydrogens is 256 g/mol. The van der Waals surface area contributed by atoms with Gasteiger partial charge in [-0.15, -0.1) is 0 Å². The van der Waals surface area contributed by atoms with Gasteiger partial charge in [0.05, 0.1) is 6.54 Å². The number of pyridine rings is 1. The van der Waals surface area contributed by atoms with E-state index in [0.29, 0.717) is 19.5 Å². The summed E-state index contributed by atoms with van der Waals surface area (Å²) in [6.45, 7) is 0.997. The first-order valence-electron chi connectivity index (χ1n) is 6.37. The van der Waals surface area contributed by atoms with Crippen LogP contribution < -0.4 is 10.2 Å². The van der Waals surface area contributed by atoms with Crippen LogP contribution in [0.1, 0.15) is 12.0 Å². The molecule has 7 heteroatoms. The predicted octanol–water partition coefficient (Wildman–Crippen LogP) is 0.446. The molecule has 0 radical (unpaired) electrons. The van der Waals surface area contributed by atoms with Crippen LogP contribution in [-0.4, -0.2) is 39.8 Å². The molecule has 0 saturated heterocycles. The van der Waals surface area contributed by atoms with E-state index in [-0.39, 0.29) is 5.91 Å². The predicted molar refractivity (Wildman–Crippen MR) is 75.0 cm³/mol. The molecule has 0 fully saturated rings. The van der Waals surface area contributed by atoms with Crippen molar-refractivity contribution in [2.24, 2.45) is 0 Å². The Morgan fingerprint density at radius 1 is 1.45 bits per heavy atom. The maximum absolute atomic E-state index is 11.8. The molecular formula is C13H18N6O. The van der Waals surface area contributed by atoms with E-state index in [2.05, 4.69) is 20.4 Å². The Hall–Kier alpha value is -2.44. The molecule has 2 heterocycles. The van der Waals surface area contributed by atoms with Crippen LogP contribution in [0.3, 0.4) is 0 Å². The van der Waals surface area contributed by atoms with Crippen molar-refractivity contribution in [2.45, 2.75) is 19.5 Å². The molecule has 2 aromatic heterocycles. The molecule has 1 N–H and O–H groups in total. The maximum atomic E-state index is 11.8. The van der Waals surface area contributed by atoms with Gasteiger partial charge in [-0.3, -0.25) is 9.48 Å². The number of carbonyl (C=O) groups is 1. The standard InChI is InChI=1S/C13H18N6O/c1-18(2)13-11(4-3-6-15-13)8-16-12(20)5-7-19-10-14-9-17-19/h3-4,6,9-10H,5,7-8H2,1-2H3,(H,16,20). The van der Waals surface area contributed by atoms with E-state index in [9.17, 15) is 4.79 Å². The zero-order chi connectivity index (χ0) is 14.4. The van der Waals surface area contributed by atoms with Gasteiger partial charge in [-0.1, -0.05) is 6.07 Å². The number of amides is 1. The van der Waals surface area contributed by atoms with Gasteiger partial charge in [0, 0.05) is 38.8 Å². The number of hydrogen-bond acceptors (Lipinski definition) is 5. The largest absolute Gasteiger partial charge is 0.362 e. The summed E-state index contributed by atoms with van der Waals surface area (Å²) in [6.07, 6.45) is 5.17. The Bertz CT molecular complexity index is 552. The number of hydrogen-bond donors (Lipinski definition) is 1. The van der Waals surface area contributed by atoms with E-state index in [1.165, 1.54) is 6.33 Å². The molecule has 0 aliphatic carbocycles. The first-order valence-corrected chi connectivity index (χ1v) is 6.37. The average molecular weight is 274 g/mol. The molecule has 0 aromatic carbocycles. The van der Waals surface area contributed by atoms with E-state index in [1.807, 2.05) is 31.1 Å². The van der Waals surface area contributed by atoms with Crippen LogP contribution in [0, 0.1) is 0 Å². The van der Waals surface area contributed by atoms with E-state index < -0.39 is 0 Å². The zero-order valence-corrected chi connectivity index (χ0v) is 11.7. The topological polar surface area (TPSA) is 75.9 Å².